The molecule has 1 fully saturated rings. The Balaban J connectivity index is 2.26. The number of carbonyl (C=O) groups is 1. The molecule has 0 unspecified atom stereocenters. The van der Waals surface area contributed by atoms with Gasteiger partial charge in [0.1, 0.15) is 11.8 Å². The number of hydrogen-bond donors (Lipinski definition) is 0. The lowest BCUT2D eigenvalue weighted by molar-refractivity contribution is -0.384. The fraction of sp³-hybridized carbons (Fsp3) is 0.467. The SMILES string of the molecule is CC1CCN(c2ccc(C(=O)OCC#N)cc2[N+](=O)[O-])CC1. The molecule has 0 amide bonds. The maximum Gasteiger partial charge on any atom is 0.339 e. The summed E-state index contributed by atoms with van der Waals surface area (Å²) >= 11 is 0. The van der Waals surface area contributed by atoms with Crippen LogP contribution in [0.15, 0.2) is 18.2 Å². The summed E-state index contributed by atoms with van der Waals surface area (Å²) in [5, 5.41) is 19.7. The molecule has 0 spiro atoms. The van der Waals surface area contributed by atoms with Crippen molar-refractivity contribution in [2.24, 2.45) is 5.92 Å². The molecule has 0 atom stereocenters. The molecule has 0 aliphatic carbocycles. The lowest BCUT2D eigenvalue weighted by Gasteiger charge is -2.31. The molecule has 1 heterocycles. The minimum atomic E-state index is -0.733. The summed E-state index contributed by atoms with van der Waals surface area (Å²) in [6.45, 7) is 3.32. The highest BCUT2D eigenvalue weighted by Crippen LogP contribution is 2.32. The Morgan fingerprint density at radius 2 is 2.18 bits per heavy atom. The Labute approximate surface area is 128 Å². The summed E-state index contributed by atoms with van der Waals surface area (Å²) in [6.07, 6.45) is 1.98. The summed E-state index contributed by atoms with van der Waals surface area (Å²) in [4.78, 5) is 24.5. The molecular weight excluding hydrogens is 286 g/mol. The first kappa shape index (κ1) is 15.8. The van der Waals surface area contributed by atoms with Gasteiger partial charge in [-0.15, -0.1) is 0 Å². The van der Waals surface area contributed by atoms with Gasteiger partial charge in [0.15, 0.2) is 6.61 Å². The van der Waals surface area contributed by atoms with Crippen LogP contribution in [0.3, 0.4) is 0 Å². The minimum absolute atomic E-state index is 0.0797. The second kappa shape index (κ2) is 6.89. The molecule has 1 aromatic carbocycles. The van der Waals surface area contributed by atoms with Crippen molar-refractivity contribution in [2.75, 3.05) is 24.6 Å². The fourth-order valence-electron chi connectivity index (χ4n) is 2.49. The van der Waals surface area contributed by atoms with E-state index in [1.165, 1.54) is 12.1 Å². The monoisotopic (exact) mass is 303 g/mol. The van der Waals surface area contributed by atoms with Gasteiger partial charge in [-0.1, -0.05) is 6.92 Å². The maximum atomic E-state index is 11.7. The Morgan fingerprint density at radius 1 is 1.50 bits per heavy atom. The largest absolute Gasteiger partial charge is 0.447 e. The number of piperidine rings is 1. The standard InChI is InChI=1S/C15H17N3O4/c1-11-4-7-17(8-5-11)13-3-2-12(10-14(13)18(20)21)15(19)22-9-6-16/h2-3,10-11H,4-5,7-9H2,1H3. The van der Waals surface area contributed by atoms with Gasteiger partial charge in [0.05, 0.1) is 10.5 Å². The number of hydrogen-bond acceptors (Lipinski definition) is 6. The number of anilines is 1. The number of carbonyl (C=O) groups excluding carboxylic acids is 1. The fourth-order valence-corrected chi connectivity index (χ4v) is 2.49. The van der Waals surface area contributed by atoms with Gasteiger partial charge in [-0.05, 0) is 30.9 Å². The number of ether oxygens (including phenoxy) is 1. The van der Waals surface area contributed by atoms with Gasteiger partial charge < -0.3 is 9.64 Å². The Kier molecular flexibility index (Phi) is 4.94. The quantitative estimate of drug-likeness (QED) is 0.481. The number of nitriles is 1. The zero-order valence-corrected chi connectivity index (χ0v) is 12.3. The van der Waals surface area contributed by atoms with Gasteiger partial charge >= 0.3 is 5.97 Å². The van der Waals surface area contributed by atoms with Crippen molar-refractivity contribution in [1.82, 2.24) is 0 Å². The molecule has 0 N–H and O–H groups in total. The molecule has 22 heavy (non-hydrogen) atoms. The van der Waals surface area contributed by atoms with E-state index in [-0.39, 0.29) is 17.9 Å². The van der Waals surface area contributed by atoms with Crippen molar-refractivity contribution in [3.63, 3.8) is 0 Å². The Bertz CT molecular complexity index is 616. The molecule has 0 bridgehead atoms. The van der Waals surface area contributed by atoms with Crippen molar-refractivity contribution in [1.29, 1.82) is 5.26 Å². The summed E-state index contributed by atoms with van der Waals surface area (Å²) in [5.41, 5.74) is 0.491. The van der Waals surface area contributed by atoms with E-state index in [2.05, 4.69) is 11.7 Å². The van der Waals surface area contributed by atoms with Gasteiger partial charge in [0, 0.05) is 19.2 Å². The smallest absolute Gasteiger partial charge is 0.339 e. The number of nitrogens with zero attached hydrogens (tertiary/aromatic N) is 3. The van der Waals surface area contributed by atoms with E-state index < -0.39 is 10.9 Å². The zero-order chi connectivity index (χ0) is 16.1. The third-order valence-electron chi connectivity index (χ3n) is 3.80. The van der Waals surface area contributed by atoms with Gasteiger partial charge in [0.2, 0.25) is 0 Å². The first-order valence-electron chi connectivity index (χ1n) is 7.10. The first-order valence-corrected chi connectivity index (χ1v) is 7.10. The van der Waals surface area contributed by atoms with Gasteiger partial charge in [-0.25, -0.2) is 4.79 Å². The number of benzene rings is 1. The predicted molar refractivity (Wildman–Crippen MR) is 79.6 cm³/mol. The van der Waals surface area contributed by atoms with Crippen molar-refractivity contribution < 1.29 is 14.5 Å². The van der Waals surface area contributed by atoms with E-state index in [0.29, 0.717) is 11.6 Å². The molecule has 0 aromatic heterocycles. The molecule has 0 radical (unpaired) electrons. The lowest BCUT2D eigenvalue weighted by atomic mass is 9.98. The van der Waals surface area contributed by atoms with Crippen LogP contribution in [0.4, 0.5) is 11.4 Å². The number of esters is 1. The highest BCUT2D eigenvalue weighted by Gasteiger charge is 2.25. The second-order valence-electron chi connectivity index (χ2n) is 5.36. The van der Waals surface area contributed by atoms with Gasteiger partial charge in [-0.3, -0.25) is 10.1 Å². The third-order valence-corrected chi connectivity index (χ3v) is 3.80. The first-order chi connectivity index (χ1) is 10.5. The summed E-state index contributed by atoms with van der Waals surface area (Å²) < 4.78 is 4.68. The van der Waals surface area contributed by atoms with E-state index in [1.807, 2.05) is 4.90 Å². The van der Waals surface area contributed by atoms with E-state index in [0.717, 1.165) is 25.9 Å². The molecule has 7 heteroatoms. The average Bonchev–Trinajstić information content (AvgIpc) is 2.52. The minimum Gasteiger partial charge on any atom is -0.447 e. The molecule has 2 rings (SSSR count). The van der Waals surface area contributed by atoms with E-state index in [9.17, 15) is 14.9 Å². The van der Waals surface area contributed by atoms with Crippen LogP contribution in [0.2, 0.25) is 0 Å². The summed E-state index contributed by atoms with van der Waals surface area (Å²) in [6, 6.07) is 5.98. The van der Waals surface area contributed by atoms with Crippen molar-refractivity contribution in [2.45, 2.75) is 19.8 Å². The summed E-state index contributed by atoms with van der Waals surface area (Å²) in [5.74, 6) is -0.112. The van der Waals surface area contributed by atoms with E-state index in [4.69, 9.17) is 5.26 Å². The normalized spacial score (nSPS) is 15.2. The average molecular weight is 303 g/mol. The van der Waals surface area contributed by atoms with Crippen LogP contribution in [0, 0.1) is 27.4 Å². The van der Waals surface area contributed by atoms with Crippen LogP contribution in [-0.4, -0.2) is 30.6 Å². The predicted octanol–water partition coefficient (Wildman–Crippen LogP) is 2.51. The number of nitro benzene ring substituents is 1. The zero-order valence-electron chi connectivity index (χ0n) is 12.3. The van der Waals surface area contributed by atoms with E-state index >= 15 is 0 Å². The van der Waals surface area contributed by atoms with Gasteiger partial charge in [0.25, 0.3) is 5.69 Å². The molecular formula is C15H17N3O4. The van der Waals surface area contributed by atoms with Crippen LogP contribution in [0.25, 0.3) is 0 Å². The topological polar surface area (TPSA) is 96.5 Å². The van der Waals surface area contributed by atoms with Crippen molar-refractivity contribution in [3.8, 4) is 6.07 Å². The number of nitro groups is 1. The van der Waals surface area contributed by atoms with Crippen LogP contribution >= 0.6 is 0 Å². The second-order valence-corrected chi connectivity index (χ2v) is 5.36. The van der Waals surface area contributed by atoms with Crippen LogP contribution in [0.5, 0.6) is 0 Å². The van der Waals surface area contributed by atoms with Crippen LogP contribution in [-0.2, 0) is 4.74 Å². The molecule has 116 valence electrons. The highest BCUT2D eigenvalue weighted by molar-refractivity contribution is 5.91. The molecule has 7 nitrogen and oxygen atoms in total. The van der Waals surface area contributed by atoms with Gasteiger partial charge in [-0.2, -0.15) is 5.26 Å². The molecule has 1 saturated heterocycles. The number of rotatable bonds is 4. The van der Waals surface area contributed by atoms with Crippen LogP contribution < -0.4 is 4.90 Å². The maximum absolute atomic E-state index is 11.7. The van der Waals surface area contributed by atoms with Crippen molar-refractivity contribution in [3.05, 3.63) is 33.9 Å². The molecule has 1 aliphatic heterocycles. The Hall–Kier alpha value is -2.62. The van der Waals surface area contributed by atoms with Crippen molar-refractivity contribution >= 4 is 17.3 Å². The third kappa shape index (κ3) is 3.52. The highest BCUT2D eigenvalue weighted by atomic mass is 16.6. The summed E-state index contributed by atoms with van der Waals surface area (Å²) in [7, 11) is 0. The molecule has 0 saturated carbocycles. The Morgan fingerprint density at radius 3 is 2.77 bits per heavy atom. The molecule has 1 aromatic rings. The molecule has 1 aliphatic rings. The van der Waals surface area contributed by atoms with Crippen LogP contribution in [0.1, 0.15) is 30.1 Å². The van der Waals surface area contributed by atoms with E-state index in [1.54, 1.807) is 12.1 Å². The lowest BCUT2D eigenvalue weighted by Crippen LogP contribution is -2.33.